The minimum absolute atomic E-state index is 0.000556. The Kier molecular flexibility index (Phi) is 4.59. The lowest BCUT2D eigenvalue weighted by Gasteiger charge is -2.17. The molecule has 0 bridgehead atoms. The van der Waals surface area contributed by atoms with Crippen LogP contribution >= 0.6 is 11.6 Å². The van der Waals surface area contributed by atoms with Crippen molar-refractivity contribution in [1.29, 1.82) is 0 Å². The van der Waals surface area contributed by atoms with Crippen molar-refractivity contribution in [3.63, 3.8) is 0 Å². The van der Waals surface area contributed by atoms with E-state index in [1.165, 1.54) is 18.5 Å². The summed E-state index contributed by atoms with van der Waals surface area (Å²) in [6.07, 6.45) is 3.94. The van der Waals surface area contributed by atoms with E-state index in [0.717, 1.165) is 4.90 Å². The number of nitrogens with zero attached hydrogens (tertiary/aromatic N) is 3. The van der Waals surface area contributed by atoms with E-state index in [1.807, 2.05) is 0 Å². The van der Waals surface area contributed by atoms with Crippen LogP contribution < -0.4 is 0 Å². The summed E-state index contributed by atoms with van der Waals surface area (Å²) in [4.78, 5) is 31.0. The Hall–Kier alpha value is -1.95. The molecule has 0 aliphatic heterocycles. The molecule has 0 aliphatic carbocycles. The maximum Gasteiger partial charge on any atom is 0.323 e. The first kappa shape index (κ1) is 13.1. The van der Waals surface area contributed by atoms with Gasteiger partial charge < -0.3 is 10.0 Å². The second kappa shape index (κ2) is 5.95. The van der Waals surface area contributed by atoms with Gasteiger partial charge >= 0.3 is 5.97 Å². The number of hydrogen-bond acceptors (Lipinski definition) is 4. The lowest BCUT2D eigenvalue weighted by atomic mass is 10.3. The molecule has 0 saturated heterocycles. The zero-order valence-electron chi connectivity index (χ0n) is 8.84. The maximum atomic E-state index is 11.9. The van der Waals surface area contributed by atoms with E-state index >= 15 is 0 Å². The molecule has 0 saturated carbocycles. The molecule has 0 atom stereocenters. The van der Waals surface area contributed by atoms with Crippen molar-refractivity contribution >= 4 is 23.5 Å². The van der Waals surface area contributed by atoms with Crippen LogP contribution in [0.5, 0.6) is 0 Å². The summed E-state index contributed by atoms with van der Waals surface area (Å²) in [6.45, 7) is 3.13. The Morgan fingerprint density at radius 1 is 1.53 bits per heavy atom. The number of carbonyl (C=O) groups is 2. The maximum absolute atomic E-state index is 11.9. The van der Waals surface area contributed by atoms with E-state index in [-0.39, 0.29) is 17.4 Å². The Morgan fingerprint density at radius 2 is 2.24 bits per heavy atom. The predicted octanol–water partition coefficient (Wildman–Crippen LogP) is 0.843. The summed E-state index contributed by atoms with van der Waals surface area (Å²) in [5.74, 6) is -1.67. The predicted molar refractivity (Wildman–Crippen MR) is 60.8 cm³/mol. The van der Waals surface area contributed by atoms with E-state index in [2.05, 4.69) is 16.5 Å². The number of rotatable bonds is 5. The molecule has 90 valence electrons. The third kappa shape index (κ3) is 3.84. The summed E-state index contributed by atoms with van der Waals surface area (Å²) in [5, 5.41) is 8.74. The van der Waals surface area contributed by atoms with Crippen LogP contribution in [0.2, 0.25) is 5.15 Å². The topological polar surface area (TPSA) is 83.4 Å². The Bertz CT molecular complexity index is 450. The zero-order valence-corrected chi connectivity index (χ0v) is 9.59. The molecule has 17 heavy (non-hydrogen) atoms. The van der Waals surface area contributed by atoms with Gasteiger partial charge in [0.2, 0.25) is 0 Å². The molecule has 0 unspecified atom stereocenters. The van der Waals surface area contributed by atoms with Gasteiger partial charge in [0.15, 0.2) is 0 Å². The number of halogens is 1. The molecular weight excluding hydrogens is 246 g/mol. The van der Waals surface area contributed by atoms with Crippen LogP contribution in [0.25, 0.3) is 0 Å². The fourth-order valence-electron chi connectivity index (χ4n) is 1.15. The van der Waals surface area contributed by atoms with Crippen LogP contribution in [0.3, 0.4) is 0 Å². The molecule has 0 spiro atoms. The van der Waals surface area contributed by atoms with Crippen molar-refractivity contribution in [2.24, 2.45) is 0 Å². The van der Waals surface area contributed by atoms with Gasteiger partial charge in [0.25, 0.3) is 5.91 Å². The lowest BCUT2D eigenvalue weighted by Crippen LogP contribution is -2.36. The summed E-state index contributed by atoms with van der Waals surface area (Å²) in [7, 11) is 0. The summed E-state index contributed by atoms with van der Waals surface area (Å²) < 4.78 is 0. The molecule has 1 rings (SSSR count). The van der Waals surface area contributed by atoms with Gasteiger partial charge in [-0.1, -0.05) is 17.7 Å². The van der Waals surface area contributed by atoms with Crippen LogP contribution in [-0.2, 0) is 4.79 Å². The first-order chi connectivity index (χ1) is 8.04. The van der Waals surface area contributed by atoms with E-state index in [1.54, 1.807) is 0 Å². The van der Waals surface area contributed by atoms with E-state index in [9.17, 15) is 9.59 Å². The molecule has 1 heterocycles. The SMILES string of the molecule is C=CCN(CC(=O)O)C(=O)c1cncc(Cl)n1. The number of aliphatic carboxylic acids is 1. The molecule has 0 fully saturated rings. The summed E-state index contributed by atoms with van der Waals surface area (Å²) >= 11 is 5.60. The number of aromatic nitrogens is 2. The van der Waals surface area contributed by atoms with Gasteiger partial charge in [-0.25, -0.2) is 4.98 Å². The lowest BCUT2D eigenvalue weighted by molar-refractivity contribution is -0.137. The molecule has 1 amide bonds. The van der Waals surface area contributed by atoms with Crippen molar-refractivity contribution in [3.8, 4) is 0 Å². The van der Waals surface area contributed by atoms with Gasteiger partial charge in [-0.3, -0.25) is 14.6 Å². The van der Waals surface area contributed by atoms with Crippen LogP contribution in [0.15, 0.2) is 25.0 Å². The Balaban J connectivity index is 2.90. The fourth-order valence-corrected chi connectivity index (χ4v) is 1.29. The van der Waals surface area contributed by atoms with Gasteiger partial charge in [0, 0.05) is 6.54 Å². The van der Waals surface area contributed by atoms with Gasteiger partial charge in [-0.2, -0.15) is 0 Å². The normalized spacial score (nSPS) is 9.71. The number of hydrogen-bond donors (Lipinski definition) is 1. The van der Waals surface area contributed by atoms with Crippen molar-refractivity contribution in [2.45, 2.75) is 0 Å². The second-order valence-corrected chi connectivity index (χ2v) is 3.48. The highest BCUT2D eigenvalue weighted by Gasteiger charge is 2.19. The largest absolute Gasteiger partial charge is 0.480 e. The number of carboxylic acid groups (broad SMARTS) is 1. The van der Waals surface area contributed by atoms with Crippen molar-refractivity contribution in [3.05, 3.63) is 35.9 Å². The summed E-state index contributed by atoms with van der Waals surface area (Å²) in [6, 6.07) is 0. The second-order valence-electron chi connectivity index (χ2n) is 3.10. The minimum Gasteiger partial charge on any atom is -0.480 e. The van der Waals surface area contributed by atoms with Gasteiger partial charge in [-0.15, -0.1) is 6.58 Å². The van der Waals surface area contributed by atoms with Gasteiger partial charge in [0.05, 0.1) is 12.4 Å². The first-order valence-corrected chi connectivity index (χ1v) is 5.02. The van der Waals surface area contributed by atoms with Crippen molar-refractivity contribution < 1.29 is 14.7 Å². The zero-order chi connectivity index (χ0) is 12.8. The standard InChI is InChI=1S/C10H10ClN3O3/c1-2-3-14(6-9(15)16)10(17)7-4-12-5-8(11)13-7/h2,4-5H,1,3,6H2,(H,15,16). The third-order valence-electron chi connectivity index (χ3n) is 1.79. The fraction of sp³-hybridized carbons (Fsp3) is 0.200. The van der Waals surface area contributed by atoms with Gasteiger partial charge in [-0.05, 0) is 0 Å². The number of amides is 1. The molecule has 1 N–H and O–H groups in total. The first-order valence-electron chi connectivity index (χ1n) is 4.64. The average Bonchev–Trinajstić information content (AvgIpc) is 2.27. The van der Waals surface area contributed by atoms with Gasteiger partial charge in [0.1, 0.15) is 17.4 Å². The van der Waals surface area contributed by atoms with Crippen LogP contribution in [0.4, 0.5) is 0 Å². The monoisotopic (exact) mass is 255 g/mol. The van der Waals surface area contributed by atoms with Crippen molar-refractivity contribution in [2.75, 3.05) is 13.1 Å². The minimum atomic E-state index is -1.12. The molecule has 6 nitrogen and oxygen atoms in total. The Morgan fingerprint density at radius 3 is 2.76 bits per heavy atom. The molecule has 0 aromatic carbocycles. The Labute approximate surface area is 103 Å². The molecular formula is C10H10ClN3O3. The molecule has 1 aromatic rings. The molecule has 0 radical (unpaired) electrons. The molecule has 0 aliphatic rings. The highest BCUT2D eigenvalue weighted by atomic mass is 35.5. The molecule has 1 aromatic heterocycles. The third-order valence-corrected chi connectivity index (χ3v) is 1.97. The smallest absolute Gasteiger partial charge is 0.323 e. The quantitative estimate of drug-likeness (QED) is 0.789. The van der Waals surface area contributed by atoms with E-state index < -0.39 is 18.4 Å². The number of carbonyl (C=O) groups excluding carboxylic acids is 1. The summed E-state index contributed by atoms with van der Waals surface area (Å²) in [5.41, 5.74) is 0.000556. The van der Waals surface area contributed by atoms with E-state index in [4.69, 9.17) is 16.7 Å². The number of carboxylic acids is 1. The molecule has 7 heteroatoms. The highest BCUT2D eigenvalue weighted by Crippen LogP contribution is 2.05. The van der Waals surface area contributed by atoms with Crippen molar-refractivity contribution in [1.82, 2.24) is 14.9 Å². The van der Waals surface area contributed by atoms with E-state index in [0.29, 0.717) is 0 Å². The highest BCUT2D eigenvalue weighted by molar-refractivity contribution is 6.29. The van der Waals surface area contributed by atoms with Crippen LogP contribution in [0, 0.1) is 0 Å². The average molecular weight is 256 g/mol. The van der Waals surface area contributed by atoms with Crippen LogP contribution in [-0.4, -0.2) is 44.9 Å². The van der Waals surface area contributed by atoms with Crippen LogP contribution in [0.1, 0.15) is 10.5 Å².